The van der Waals surface area contributed by atoms with Gasteiger partial charge in [0.1, 0.15) is 0 Å². The fourth-order valence-electron chi connectivity index (χ4n) is 2.45. The zero-order valence-corrected chi connectivity index (χ0v) is 13.7. The molecule has 1 aromatic carbocycles. The van der Waals surface area contributed by atoms with Gasteiger partial charge < -0.3 is 9.73 Å². The third-order valence-electron chi connectivity index (χ3n) is 3.72. The summed E-state index contributed by atoms with van der Waals surface area (Å²) in [5, 5.41) is 7.45. The van der Waals surface area contributed by atoms with E-state index in [1.54, 1.807) is 42.6 Å². The van der Waals surface area contributed by atoms with Crippen molar-refractivity contribution in [3.05, 3.63) is 84.4 Å². The lowest BCUT2D eigenvalue weighted by molar-refractivity contribution is 0.0947. The normalized spacial score (nSPS) is 10.6. The maximum Gasteiger partial charge on any atom is 0.281 e. The van der Waals surface area contributed by atoms with Crippen LogP contribution >= 0.6 is 0 Å². The summed E-state index contributed by atoms with van der Waals surface area (Å²) in [7, 11) is 0. The van der Waals surface area contributed by atoms with Crippen molar-refractivity contribution in [2.45, 2.75) is 6.54 Å². The largest absolute Gasteiger partial charge is 0.461 e. The molecule has 0 saturated heterocycles. The molecular formula is C19H15N5O2. The van der Waals surface area contributed by atoms with Crippen LogP contribution in [0.4, 0.5) is 5.95 Å². The van der Waals surface area contributed by atoms with Crippen LogP contribution in [0.25, 0.3) is 11.6 Å². The summed E-state index contributed by atoms with van der Waals surface area (Å²) >= 11 is 0. The molecule has 7 nitrogen and oxygen atoms in total. The van der Waals surface area contributed by atoms with Crippen molar-refractivity contribution >= 4 is 11.9 Å². The molecule has 0 aliphatic carbocycles. The van der Waals surface area contributed by atoms with Crippen molar-refractivity contribution < 1.29 is 9.21 Å². The topological polar surface area (TPSA) is 85.8 Å². The van der Waals surface area contributed by atoms with Crippen molar-refractivity contribution in [1.82, 2.24) is 19.7 Å². The quantitative estimate of drug-likeness (QED) is 0.598. The number of aromatic nitrogens is 4. The van der Waals surface area contributed by atoms with Gasteiger partial charge in [0.25, 0.3) is 5.91 Å². The molecular weight excluding hydrogens is 330 g/mol. The van der Waals surface area contributed by atoms with E-state index in [-0.39, 0.29) is 5.91 Å². The third-order valence-corrected chi connectivity index (χ3v) is 3.72. The lowest BCUT2D eigenvalue weighted by atomic mass is 10.2. The van der Waals surface area contributed by atoms with Gasteiger partial charge in [0.05, 0.1) is 18.5 Å². The zero-order valence-electron chi connectivity index (χ0n) is 13.7. The summed E-state index contributed by atoms with van der Waals surface area (Å²) in [6, 6.07) is 18.1. The summed E-state index contributed by atoms with van der Waals surface area (Å²) in [5.74, 6) is 0.878. The second-order valence-corrected chi connectivity index (χ2v) is 5.49. The van der Waals surface area contributed by atoms with E-state index in [1.165, 1.54) is 10.9 Å². The van der Waals surface area contributed by atoms with Crippen LogP contribution in [0.1, 0.15) is 16.1 Å². The van der Waals surface area contributed by atoms with E-state index < -0.39 is 0 Å². The van der Waals surface area contributed by atoms with Crippen LogP contribution < -0.4 is 5.32 Å². The van der Waals surface area contributed by atoms with Gasteiger partial charge >= 0.3 is 0 Å². The standard InChI is InChI=1S/C19H15N5O2/c25-18(14-7-2-1-3-8-14)24-19(21-13-15-9-4-5-11-20-15)22-17(23-24)16-10-6-12-26-16/h1-12H,13H2,(H,21,22,23). The van der Waals surface area contributed by atoms with Crippen molar-refractivity contribution in [1.29, 1.82) is 0 Å². The minimum atomic E-state index is -0.278. The number of hydrogen-bond acceptors (Lipinski definition) is 6. The van der Waals surface area contributed by atoms with Crippen LogP contribution in [-0.2, 0) is 6.54 Å². The number of nitrogens with one attached hydrogen (secondary N) is 1. The molecule has 0 atom stereocenters. The van der Waals surface area contributed by atoms with Crippen LogP contribution in [0.2, 0.25) is 0 Å². The summed E-state index contributed by atoms with van der Waals surface area (Å²) in [5.41, 5.74) is 1.35. The molecule has 0 amide bonds. The van der Waals surface area contributed by atoms with Crippen molar-refractivity contribution in [3.63, 3.8) is 0 Å². The first-order chi connectivity index (χ1) is 12.8. The third kappa shape index (κ3) is 3.23. The Hall–Kier alpha value is -3.74. The smallest absolute Gasteiger partial charge is 0.281 e. The Morgan fingerprint density at radius 1 is 1.04 bits per heavy atom. The Balaban J connectivity index is 1.67. The van der Waals surface area contributed by atoms with Gasteiger partial charge in [-0.1, -0.05) is 24.3 Å². The second kappa shape index (κ2) is 7.02. The average Bonchev–Trinajstić information content (AvgIpc) is 3.37. The van der Waals surface area contributed by atoms with Gasteiger partial charge in [-0.2, -0.15) is 9.67 Å². The van der Waals surface area contributed by atoms with E-state index in [0.717, 1.165) is 5.69 Å². The number of benzene rings is 1. The van der Waals surface area contributed by atoms with Crippen LogP contribution in [0, 0.1) is 0 Å². The van der Waals surface area contributed by atoms with Crippen LogP contribution in [-0.4, -0.2) is 25.7 Å². The first kappa shape index (κ1) is 15.8. The van der Waals surface area contributed by atoms with Gasteiger partial charge in [-0.05, 0) is 36.4 Å². The molecule has 4 rings (SSSR count). The summed E-state index contributed by atoms with van der Waals surface area (Å²) < 4.78 is 6.59. The highest BCUT2D eigenvalue weighted by molar-refractivity contribution is 5.97. The lowest BCUT2D eigenvalue weighted by Crippen LogP contribution is -2.17. The second-order valence-electron chi connectivity index (χ2n) is 5.49. The number of nitrogens with zero attached hydrogens (tertiary/aromatic N) is 4. The van der Waals surface area contributed by atoms with Gasteiger partial charge in [0.15, 0.2) is 5.76 Å². The molecule has 0 aliphatic heterocycles. The van der Waals surface area contributed by atoms with E-state index in [0.29, 0.717) is 29.6 Å². The SMILES string of the molecule is O=C(c1ccccc1)n1nc(-c2ccco2)nc1NCc1ccccn1. The Morgan fingerprint density at radius 2 is 1.88 bits per heavy atom. The van der Waals surface area contributed by atoms with Crippen LogP contribution in [0.5, 0.6) is 0 Å². The molecule has 4 aromatic rings. The molecule has 3 heterocycles. The zero-order chi connectivity index (χ0) is 17.8. The van der Waals surface area contributed by atoms with E-state index in [9.17, 15) is 4.79 Å². The summed E-state index contributed by atoms with van der Waals surface area (Å²) in [6.45, 7) is 0.416. The molecule has 0 radical (unpaired) electrons. The minimum Gasteiger partial charge on any atom is -0.461 e. The predicted octanol–water partition coefficient (Wildman–Crippen LogP) is 3.23. The molecule has 26 heavy (non-hydrogen) atoms. The summed E-state index contributed by atoms with van der Waals surface area (Å²) in [4.78, 5) is 21.5. The number of hydrogen-bond donors (Lipinski definition) is 1. The number of carbonyl (C=O) groups excluding carboxylic acids is 1. The maximum atomic E-state index is 12.8. The van der Waals surface area contributed by atoms with Crippen molar-refractivity contribution in [2.24, 2.45) is 0 Å². The Labute approximate surface area is 149 Å². The fourth-order valence-corrected chi connectivity index (χ4v) is 2.45. The van der Waals surface area contributed by atoms with Gasteiger partial charge in [-0.3, -0.25) is 9.78 Å². The maximum absolute atomic E-state index is 12.8. The average molecular weight is 345 g/mol. The first-order valence-corrected chi connectivity index (χ1v) is 8.06. The molecule has 0 unspecified atom stereocenters. The van der Waals surface area contributed by atoms with Crippen LogP contribution in [0.15, 0.2) is 77.5 Å². The molecule has 0 bridgehead atoms. The van der Waals surface area contributed by atoms with Gasteiger partial charge in [0, 0.05) is 11.8 Å². The van der Waals surface area contributed by atoms with E-state index in [4.69, 9.17) is 4.42 Å². The lowest BCUT2D eigenvalue weighted by Gasteiger charge is -2.06. The number of rotatable bonds is 5. The van der Waals surface area contributed by atoms with E-state index in [2.05, 4.69) is 20.4 Å². The molecule has 7 heteroatoms. The van der Waals surface area contributed by atoms with Gasteiger partial charge in [-0.15, -0.1) is 5.10 Å². The summed E-state index contributed by atoms with van der Waals surface area (Å²) in [6.07, 6.45) is 3.25. The first-order valence-electron chi connectivity index (χ1n) is 8.06. The predicted molar refractivity (Wildman–Crippen MR) is 95.5 cm³/mol. The number of pyridine rings is 1. The van der Waals surface area contributed by atoms with E-state index >= 15 is 0 Å². The molecule has 128 valence electrons. The minimum absolute atomic E-state index is 0.278. The Morgan fingerprint density at radius 3 is 2.62 bits per heavy atom. The Bertz CT molecular complexity index is 995. The molecule has 0 fully saturated rings. The highest BCUT2D eigenvalue weighted by Crippen LogP contribution is 2.19. The highest BCUT2D eigenvalue weighted by atomic mass is 16.3. The number of carbonyl (C=O) groups is 1. The molecule has 0 saturated carbocycles. The number of furan rings is 1. The van der Waals surface area contributed by atoms with Crippen molar-refractivity contribution in [2.75, 3.05) is 5.32 Å². The Kier molecular flexibility index (Phi) is 4.26. The van der Waals surface area contributed by atoms with Gasteiger partial charge in [0.2, 0.25) is 11.8 Å². The van der Waals surface area contributed by atoms with E-state index in [1.807, 2.05) is 24.3 Å². The fraction of sp³-hybridized carbons (Fsp3) is 0.0526. The molecule has 1 N–H and O–H groups in total. The molecule has 0 spiro atoms. The van der Waals surface area contributed by atoms with Crippen LogP contribution in [0.3, 0.4) is 0 Å². The monoisotopic (exact) mass is 345 g/mol. The number of anilines is 1. The highest BCUT2D eigenvalue weighted by Gasteiger charge is 2.19. The molecule has 3 aromatic heterocycles. The molecule has 0 aliphatic rings. The van der Waals surface area contributed by atoms with Crippen molar-refractivity contribution in [3.8, 4) is 11.6 Å². The van der Waals surface area contributed by atoms with Gasteiger partial charge in [-0.25, -0.2) is 0 Å².